The summed E-state index contributed by atoms with van der Waals surface area (Å²) in [4.78, 5) is 25.1. The molecular weight excluding hydrogens is 216 g/mol. The highest BCUT2D eigenvalue weighted by Crippen LogP contribution is 2.13. The first-order chi connectivity index (χ1) is 7.54. The highest BCUT2D eigenvalue weighted by molar-refractivity contribution is 5.63. The Morgan fingerprint density at radius 3 is 2.44 bits per heavy atom. The third kappa shape index (κ3) is 2.92. The van der Waals surface area contributed by atoms with Gasteiger partial charge in [0, 0.05) is 12.1 Å². The molecule has 16 heavy (non-hydrogen) atoms. The minimum absolute atomic E-state index is 0.0177. The minimum Gasteiger partial charge on any atom is -0.463 e. The maximum Gasteiger partial charge on any atom is 0.431 e. The second-order valence-corrected chi connectivity index (χ2v) is 2.93. The number of rotatable bonds is 4. The first-order valence-electron chi connectivity index (χ1n) is 4.32. The van der Waals surface area contributed by atoms with E-state index in [0.29, 0.717) is 5.56 Å². The van der Waals surface area contributed by atoms with Gasteiger partial charge in [-0.15, -0.1) is 0 Å². The molecule has 86 valence electrons. The Labute approximate surface area is 91.0 Å². The van der Waals surface area contributed by atoms with Crippen molar-refractivity contribution in [3.8, 4) is 0 Å². The summed E-state index contributed by atoms with van der Waals surface area (Å²) >= 11 is 0. The first kappa shape index (κ1) is 11.9. The van der Waals surface area contributed by atoms with E-state index in [1.807, 2.05) is 0 Å². The van der Waals surface area contributed by atoms with Crippen LogP contribution < -0.4 is 0 Å². The van der Waals surface area contributed by atoms with Crippen LogP contribution in [0.5, 0.6) is 0 Å². The van der Waals surface area contributed by atoms with E-state index in [9.17, 15) is 14.9 Å². The molecule has 1 rings (SSSR count). The van der Waals surface area contributed by atoms with Gasteiger partial charge in [0.2, 0.25) is 0 Å². The van der Waals surface area contributed by atoms with E-state index in [4.69, 9.17) is 5.11 Å². The molecule has 0 radical (unpaired) electrons. The van der Waals surface area contributed by atoms with Crippen LogP contribution in [0.15, 0.2) is 24.3 Å². The standard InChI is InChI=1S/C9H10N2O5/c1-16-10(9(12)13)6-7-2-4-8(5-3-7)11(14)15/h2-5H,6H2,1H3,(H,12,13). The number of hydrogen-bond acceptors (Lipinski definition) is 4. The molecule has 0 aliphatic rings. The third-order valence-corrected chi connectivity index (χ3v) is 1.91. The second kappa shape index (κ2) is 5.08. The molecule has 0 fully saturated rings. The molecule has 0 saturated heterocycles. The fourth-order valence-electron chi connectivity index (χ4n) is 1.10. The molecule has 1 amide bonds. The molecule has 0 heterocycles. The van der Waals surface area contributed by atoms with E-state index in [-0.39, 0.29) is 12.2 Å². The first-order valence-corrected chi connectivity index (χ1v) is 4.32. The minimum atomic E-state index is -1.22. The number of non-ortho nitro benzene ring substituents is 1. The Hall–Kier alpha value is -2.15. The zero-order valence-electron chi connectivity index (χ0n) is 8.49. The number of amides is 1. The molecule has 7 heteroatoms. The van der Waals surface area contributed by atoms with Crippen LogP contribution in [0.3, 0.4) is 0 Å². The molecule has 0 saturated carbocycles. The van der Waals surface area contributed by atoms with Crippen molar-refractivity contribution in [1.82, 2.24) is 5.06 Å². The van der Waals surface area contributed by atoms with Crippen LogP contribution in [0.2, 0.25) is 0 Å². The van der Waals surface area contributed by atoms with E-state index in [2.05, 4.69) is 4.84 Å². The van der Waals surface area contributed by atoms with Crippen LogP contribution in [-0.4, -0.2) is 28.3 Å². The monoisotopic (exact) mass is 226 g/mol. The molecule has 0 unspecified atom stereocenters. The number of hydroxylamine groups is 2. The number of carbonyl (C=O) groups is 1. The summed E-state index contributed by atoms with van der Waals surface area (Å²) in [6, 6.07) is 5.58. The highest BCUT2D eigenvalue weighted by atomic mass is 16.7. The van der Waals surface area contributed by atoms with Gasteiger partial charge in [-0.05, 0) is 5.56 Å². The number of nitrogens with zero attached hydrogens (tertiary/aromatic N) is 2. The van der Waals surface area contributed by atoms with Gasteiger partial charge in [-0.25, -0.2) is 4.79 Å². The average molecular weight is 226 g/mol. The van der Waals surface area contributed by atoms with Gasteiger partial charge in [0.25, 0.3) is 5.69 Å². The molecule has 0 aliphatic heterocycles. The van der Waals surface area contributed by atoms with Crippen molar-refractivity contribution in [2.45, 2.75) is 6.54 Å². The summed E-state index contributed by atoms with van der Waals surface area (Å²) < 4.78 is 0. The van der Waals surface area contributed by atoms with Gasteiger partial charge in [-0.2, -0.15) is 5.06 Å². The van der Waals surface area contributed by atoms with Crippen molar-refractivity contribution in [3.05, 3.63) is 39.9 Å². The van der Waals surface area contributed by atoms with Crippen LogP contribution in [-0.2, 0) is 11.4 Å². The SMILES string of the molecule is CON(Cc1ccc([N+](=O)[O-])cc1)C(=O)O. The lowest BCUT2D eigenvalue weighted by atomic mass is 10.2. The number of nitro groups is 1. The Morgan fingerprint density at radius 1 is 1.50 bits per heavy atom. The van der Waals surface area contributed by atoms with Gasteiger partial charge in [0.15, 0.2) is 0 Å². The van der Waals surface area contributed by atoms with E-state index in [1.54, 1.807) is 0 Å². The van der Waals surface area contributed by atoms with Gasteiger partial charge in [-0.3, -0.25) is 15.0 Å². The topological polar surface area (TPSA) is 92.9 Å². The molecular formula is C9H10N2O5. The number of nitro benzene ring substituents is 1. The number of benzene rings is 1. The molecule has 7 nitrogen and oxygen atoms in total. The lowest BCUT2D eigenvalue weighted by molar-refractivity contribution is -0.384. The average Bonchev–Trinajstić information content (AvgIpc) is 2.26. The molecule has 1 aromatic carbocycles. The van der Waals surface area contributed by atoms with Crippen molar-refractivity contribution in [2.24, 2.45) is 0 Å². The lowest BCUT2D eigenvalue weighted by Gasteiger charge is -2.15. The highest BCUT2D eigenvalue weighted by Gasteiger charge is 2.12. The lowest BCUT2D eigenvalue weighted by Crippen LogP contribution is -2.27. The summed E-state index contributed by atoms with van der Waals surface area (Å²) in [5, 5.41) is 19.8. The third-order valence-electron chi connectivity index (χ3n) is 1.91. The van der Waals surface area contributed by atoms with Gasteiger partial charge in [0.05, 0.1) is 18.6 Å². The van der Waals surface area contributed by atoms with Crippen molar-refractivity contribution in [3.63, 3.8) is 0 Å². The van der Waals surface area contributed by atoms with Gasteiger partial charge >= 0.3 is 6.09 Å². The molecule has 1 aromatic rings. The van der Waals surface area contributed by atoms with Crippen molar-refractivity contribution in [1.29, 1.82) is 0 Å². The van der Waals surface area contributed by atoms with E-state index >= 15 is 0 Å². The Morgan fingerprint density at radius 2 is 2.06 bits per heavy atom. The normalized spacial score (nSPS) is 9.81. The van der Waals surface area contributed by atoms with E-state index < -0.39 is 11.0 Å². The molecule has 0 aliphatic carbocycles. The molecule has 0 aromatic heterocycles. The zero-order valence-corrected chi connectivity index (χ0v) is 8.49. The summed E-state index contributed by atoms with van der Waals surface area (Å²) in [6.45, 7) is 0.0177. The van der Waals surface area contributed by atoms with Crippen LogP contribution in [0.1, 0.15) is 5.56 Å². The Balaban J connectivity index is 2.75. The van der Waals surface area contributed by atoms with Crippen molar-refractivity contribution >= 4 is 11.8 Å². The number of carboxylic acid groups (broad SMARTS) is 1. The largest absolute Gasteiger partial charge is 0.463 e. The van der Waals surface area contributed by atoms with Crippen molar-refractivity contribution < 1.29 is 19.7 Å². The van der Waals surface area contributed by atoms with Crippen LogP contribution in [0.4, 0.5) is 10.5 Å². The fourth-order valence-corrected chi connectivity index (χ4v) is 1.10. The smallest absolute Gasteiger partial charge is 0.431 e. The quantitative estimate of drug-likeness (QED) is 0.622. The summed E-state index contributed by atoms with van der Waals surface area (Å²) in [7, 11) is 1.24. The molecule has 0 spiro atoms. The van der Waals surface area contributed by atoms with Gasteiger partial charge < -0.3 is 5.11 Å². The molecule has 0 bridgehead atoms. The van der Waals surface area contributed by atoms with Crippen LogP contribution in [0, 0.1) is 10.1 Å². The number of hydrogen-bond donors (Lipinski definition) is 1. The van der Waals surface area contributed by atoms with E-state index in [0.717, 1.165) is 5.06 Å². The zero-order chi connectivity index (χ0) is 12.1. The molecule has 0 atom stereocenters. The van der Waals surface area contributed by atoms with Crippen molar-refractivity contribution in [2.75, 3.05) is 7.11 Å². The van der Waals surface area contributed by atoms with Gasteiger partial charge in [0.1, 0.15) is 0 Å². The predicted molar refractivity (Wildman–Crippen MR) is 53.7 cm³/mol. The van der Waals surface area contributed by atoms with Crippen LogP contribution >= 0.6 is 0 Å². The second-order valence-electron chi connectivity index (χ2n) is 2.93. The summed E-state index contributed by atoms with van der Waals surface area (Å²) in [6.07, 6.45) is -1.22. The maximum absolute atomic E-state index is 10.6. The van der Waals surface area contributed by atoms with Crippen LogP contribution in [0.25, 0.3) is 0 Å². The van der Waals surface area contributed by atoms with E-state index in [1.165, 1.54) is 31.4 Å². The van der Waals surface area contributed by atoms with Gasteiger partial charge in [-0.1, -0.05) is 12.1 Å². The summed E-state index contributed by atoms with van der Waals surface area (Å²) in [5.41, 5.74) is 0.567. The maximum atomic E-state index is 10.6. The summed E-state index contributed by atoms with van der Waals surface area (Å²) in [5.74, 6) is 0. The fraction of sp³-hybridized carbons (Fsp3) is 0.222. The Kier molecular flexibility index (Phi) is 3.78. The Bertz CT molecular complexity index is 389. The predicted octanol–water partition coefficient (Wildman–Crippen LogP) is 1.64. The molecule has 1 N–H and O–H groups in total.